The fraction of sp³-hybridized carbons (Fsp3) is 0.375. The highest BCUT2D eigenvalue weighted by Gasteiger charge is 2.18. The van der Waals surface area contributed by atoms with Gasteiger partial charge in [-0.05, 0) is 31.4 Å². The predicted octanol–water partition coefficient (Wildman–Crippen LogP) is 3.90. The lowest BCUT2D eigenvalue weighted by atomic mass is 9.86. The van der Waals surface area contributed by atoms with E-state index in [1.807, 2.05) is 37.3 Å². The SMILES string of the molecule is Cc1cc(NC(=O)CCC2CCCCC2)n(-c2nc3c(cnn3-c3ccccc3)c(=O)[nH]2)n1. The fourth-order valence-corrected chi connectivity index (χ4v) is 4.53. The van der Waals surface area contributed by atoms with Crippen LogP contribution in [0.1, 0.15) is 50.6 Å². The van der Waals surface area contributed by atoms with Crippen LogP contribution < -0.4 is 10.9 Å². The van der Waals surface area contributed by atoms with E-state index in [0.717, 1.165) is 12.1 Å². The highest BCUT2D eigenvalue weighted by Crippen LogP contribution is 2.27. The normalized spacial score (nSPS) is 14.6. The molecule has 1 aliphatic rings. The van der Waals surface area contributed by atoms with E-state index in [1.54, 1.807) is 10.7 Å². The van der Waals surface area contributed by atoms with E-state index >= 15 is 0 Å². The lowest BCUT2D eigenvalue weighted by Gasteiger charge is -2.21. The van der Waals surface area contributed by atoms with Crippen molar-refractivity contribution in [3.8, 4) is 11.6 Å². The highest BCUT2D eigenvalue weighted by atomic mass is 16.1. The maximum atomic E-state index is 12.8. The molecule has 33 heavy (non-hydrogen) atoms. The van der Waals surface area contributed by atoms with Crippen LogP contribution in [0.5, 0.6) is 0 Å². The number of fused-ring (bicyclic) bond motifs is 1. The quantitative estimate of drug-likeness (QED) is 0.468. The summed E-state index contributed by atoms with van der Waals surface area (Å²) in [5, 5.41) is 12.1. The molecule has 0 radical (unpaired) electrons. The number of aromatic nitrogens is 6. The topological polar surface area (TPSA) is 110 Å². The van der Waals surface area contributed by atoms with E-state index in [4.69, 9.17) is 0 Å². The number of benzene rings is 1. The minimum Gasteiger partial charge on any atom is -0.310 e. The van der Waals surface area contributed by atoms with Gasteiger partial charge in [-0.1, -0.05) is 50.3 Å². The number of nitrogens with zero attached hydrogens (tertiary/aromatic N) is 5. The molecule has 1 fully saturated rings. The molecule has 9 heteroatoms. The average molecular weight is 446 g/mol. The van der Waals surface area contributed by atoms with Crippen molar-refractivity contribution in [2.45, 2.75) is 51.9 Å². The maximum absolute atomic E-state index is 12.8. The molecule has 1 amide bonds. The smallest absolute Gasteiger partial charge is 0.263 e. The average Bonchev–Trinajstić information content (AvgIpc) is 3.42. The molecule has 2 N–H and O–H groups in total. The van der Waals surface area contributed by atoms with Gasteiger partial charge < -0.3 is 5.32 Å². The van der Waals surface area contributed by atoms with Crippen LogP contribution in [-0.4, -0.2) is 35.4 Å². The Morgan fingerprint density at radius 2 is 1.94 bits per heavy atom. The number of para-hydroxylation sites is 1. The van der Waals surface area contributed by atoms with E-state index in [2.05, 4.69) is 25.5 Å². The van der Waals surface area contributed by atoms with Gasteiger partial charge in [-0.2, -0.15) is 19.9 Å². The third-order valence-electron chi connectivity index (χ3n) is 6.23. The number of anilines is 1. The summed E-state index contributed by atoms with van der Waals surface area (Å²) >= 11 is 0. The fourth-order valence-electron chi connectivity index (χ4n) is 4.53. The summed E-state index contributed by atoms with van der Waals surface area (Å²) in [6, 6.07) is 11.3. The molecule has 0 unspecified atom stereocenters. The van der Waals surface area contributed by atoms with Crippen molar-refractivity contribution in [2.24, 2.45) is 5.92 Å². The summed E-state index contributed by atoms with van der Waals surface area (Å²) < 4.78 is 3.09. The van der Waals surface area contributed by atoms with Gasteiger partial charge in [0.2, 0.25) is 11.9 Å². The van der Waals surface area contributed by atoms with Crippen LogP contribution in [0.2, 0.25) is 0 Å². The molecule has 0 spiro atoms. The Labute approximate surface area is 190 Å². The van der Waals surface area contributed by atoms with Gasteiger partial charge in [0.1, 0.15) is 11.2 Å². The minimum absolute atomic E-state index is 0.0560. The van der Waals surface area contributed by atoms with Crippen molar-refractivity contribution < 1.29 is 4.79 Å². The lowest BCUT2D eigenvalue weighted by molar-refractivity contribution is -0.116. The number of nitrogens with one attached hydrogen (secondary N) is 2. The van der Waals surface area contributed by atoms with Crippen LogP contribution >= 0.6 is 0 Å². The monoisotopic (exact) mass is 445 g/mol. The Kier molecular flexibility index (Phi) is 5.77. The maximum Gasteiger partial charge on any atom is 0.263 e. The van der Waals surface area contributed by atoms with Gasteiger partial charge in [-0.15, -0.1) is 0 Å². The molecule has 5 rings (SSSR count). The summed E-state index contributed by atoms with van der Waals surface area (Å²) in [4.78, 5) is 32.8. The Hall–Kier alpha value is -3.75. The summed E-state index contributed by atoms with van der Waals surface area (Å²) in [7, 11) is 0. The Morgan fingerprint density at radius 1 is 1.15 bits per heavy atom. The second kappa shape index (κ2) is 9.01. The van der Waals surface area contributed by atoms with E-state index in [9.17, 15) is 9.59 Å². The molecule has 0 atom stereocenters. The molecule has 1 saturated carbocycles. The zero-order valence-electron chi connectivity index (χ0n) is 18.6. The van der Waals surface area contributed by atoms with Gasteiger partial charge in [-0.3, -0.25) is 14.6 Å². The summed E-state index contributed by atoms with van der Waals surface area (Å²) in [6.07, 6.45) is 9.13. The number of carbonyl (C=O) groups excluding carboxylic acids is 1. The Bertz CT molecular complexity index is 1330. The van der Waals surface area contributed by atoms with E-state index < -0.39 is 0 Å². The van der Waals surface area contributed by atoms with Crippen molar-refractivity contribution in [1.29, 1.82) is 0 Å². The highest BCUT2D eigenvalue weighted by molar-refractivity contribution is 5.90. The number of carbonyl (C=O) groups is 1. The number of aromatic amines is 1. The van der Waals surface area contributed by atoms with Gasteiger partial charge in [0, 0.05) is 12.5 Å². The van der Waals surface area contributed by atoms with Crippen molar-refractivity contribution in [3.63, 3.8) is 0 Å². The molecule has 1 aromatic carbocycles. The third-order valence-corrected chi connectivity index (χ3v) is 6.23. The number of hydrogen-bond donors (Lipinski definition) is 2. The molecular weight excluding hydrogens is 418 g/mol. The number of aryl methyl sites for hydroxylation is 1. The largest absolute Gasteiger partial charge is 0.310 e. The number of amides is 1. The molecule has 3 aromatic heterocycles. The van der Waals surface area contributed by atoms with Crippen molar-refractivity contribution >= 4 is 22.8 Å². The van der Waals surface area contributed by atoms with E-state index in [1.165, 1.54) is 43.0 Å². The van der Waals surface area contributed by atoms with Crippen LogP contribution in [0.3, 0.4) is 0 Å². The molecule has 0 saturated heterocycles. The lowest BCUT2D eigenvalue weighted by Crippen LogP contribution is -2.19. The summed E-state index contributed by atoms with van der Waals surface area (Å²) in [5.41, 5.74) is 1.60. The molecule has 170 valence electrons. The van der Waals surface area contributed by atoms with Gasteiger partial charge >= 0.3 is 0 Å². The van der Waals surface area contributed by atoms with Gasteiger partial charge in [-0.25, -0.2) is 4.68 Å². The first-order valence-corrected chi connectivity index (χ1v) is 11.5. The summed E-state index contributed by atoms with van der Waals surface area (Å²) in [6.45, 7) is 1.83. The second-order valence-electron chi connectivity index (χ2n) is 8.69. The van der Waals surface area contributed by atoms with E-state index in [0.29, 0.717) is 34.9 Å². The van der Waals surface area contributed by atoms with Crippen molar-refractivity contribution in [3.05, 3.63) is 58.6 Å². The van der Waals surface area contributed by atoms with Crippen LogP contribution in [-0.2, 0) is 4.79 Å². The first-order chi connectivity index (χ1) is 16.1. The summed E-state index contributed by atoms with van der Waals surface area (Å²) in [5.74, 6) is 1.28. The van der Waals surface area contributed by atoms with Crippen molar-refractivity contribution in [1.82, 2.24) is 29.5 Å². The van der Waals surface area contributed by atoms with Crippen LogP contribution in [0.4, 0.5) is 5.82 Å². The van der Waals surface area contributed by atoms with Crippen LogP contribution in [0.15, 0.2) is 47.4 Å². The third kappa shape index (κ3) is 4.44. The second-order valence-corrected chi connectivity index (χ2v) is 8.69. The molecule has 0 bridgehead atoms. The molecule has 1 aliphatic carbocycles. The Balaban J connectivity index is 1.43. The molecule has 3 heterocycles. The van der Waals surface area contributed by atoms with Crippen LogP contribution in [0.25, 0.3) is 22.7 Å². The molecule has 0 aliphatic heterocycles. The van der Waals surface area contributed by atoms with Gasteiger partial charge in [0.05, 0.1) is 17.6 Å². The number of H-pyrrole nitrogens is 1. The number of rotatable bonds is 6. The minimum atomic E-state index is -0.320. The molecular formula is C24H27N7O2. The molecule has 9 nitrogen and oxygen atoms in total. The Morgan fingerprint density at radius 3 is 2.73 bits per heavy atom. The first-order valence-electron chi connectivity index (χ1n) is 11.5. The van der Waals surface area contributed by atoms with Crippen molar-refractivity contribution in [2.75, 3.05) is 5.32 Å². The van der Waals surface area contributed by atoms with Crippen LogP contribution in [0, 0.1) is 12.8 Å². The van der Waals surface area contributed by atoms with Gasteiger partial charge in [0.15, 0.2) is 5.65 Å². The standard InChI is InChI=1S/C24H27N7O2/c1-16-14-20(26-21(32)13-12-17-8-4-2-5-9-17)31(29-16)24-27-22-19(23(33)28-24)15-25-30(22)18-10-6-3-7-11-18/h3,6-7,10-11,14-15,17H,2,4-5,8-9,12-13H2,1H3,(H,26,32)(H,27,28,33). The van der Waals surface area contributed by atoms with Gasteiger partial charge in [0.25, 0.3) is 5.56 Å². The van der Waals surface area contributed by atoms with E-state index in [-0.39, 0.29) is 17.4 Å². The zero-order valence-corrected chi connectivity index (χ0v) is 18.6. The predicted molar refractivity (Wildman–Crippen MR) is 126 cm³/mol. The first kappa shape index (κ1) is 21.1. The molecule has 4 aromatic rings. The zero-order chi connectivity index (χ0) is 22.8. The number of hydrogen-bond acceptors (Lipinski definition) is 5.